The minimum absolute atomic E-state index is 0.0968. The fourth-order valence-electron chi connectivity index (χ4n) is 1.32. The lowest BCUT2D eigenvalue weighted by atomic mass is 10.2. The van der Waals surface area contributed by atoms with Gasteiger partial charge in [-0.3, -0.25) is 0 Å². The van der Waals surface area contributed by atoms with Crippen LogP contribution in [-0.4, -0.2) is 8.07 Å². The monoisotopic (exact) mass is 195 g/mol. The summed E-state index contributed by atoms with van der Waals surface area (Å²) >= 11 is 0. The molecule has 0 aliphatic carbocycles. The molecule has 3 heteroatoms. The Morgan fingerprint density at radius 2 is 2.15 bits per heavy atom. The van der Waals surface area contributed by atoms with E-state index in [1.54, 1.807) is 12.3 Å². The molecule has 1 atom stereocenters. The third-order valence-electron chi connectivity index (χ3n) is 1.99. The highest BCUT2D eigenvalue weighted by atomic mass is 28.3. The van der Waals surface area contributed by atoms with E-state index in [9.17, 15) is 0 Å². The summed E-state index contributed by atoms with van der Waals surface area (Å²) < 4.78 is 5.49. The molecule has 0 saturated carbocycles. The molecule has 0 saturated heterocycles. The van der Waals surface area contributed by atoms with Gasteiger partial charge in [0.15, 0.2) is 0 Å². The molecule has 0 amide bonds. The van der Waals surface area contributed by atoms with Crippen molar-refractivity contribution in [1.29, 1.82) is 0 Å². The molecule has 0 fully saturated rings. The number of hydrogen-bond donors (Lipinski definition) is 1. The number of hydrogen-bond acceptors (Lipinski definition) is 2. The van der Waals surface area contributed by atoms with Crippen molar-refractivity contribution >= 4 is 13.5 Å². The molecule has 1 aromatic heterocycles. The van der Waals surface area contributed by atoms with Crippen molar-refractivity contribution in [3.63, 3.8) is 0 Å². The van der Waals surface area contributed by atoms with E-state index in [1.165, 1.54) is 0 Å². The normalized spacial score (nSPS) is 14.2. The maximum absolute atomic E-state index is 5.88. The van der Waals surface area contributed by atoms with E-state index in [2.05, 4.69) is 26.2 Å². The van der Waals surface area contributed by atoms with Crippen LogP contribution in [0.25, 0.3) is 0 Å². The zero-order valence-corrected chi connectivity index (χ0v) is 9.50. The molecular weight excluding hydrogens is 178 g/mol. The van der Waals surface area contributed by atoms with Crippen molar-refractivity contribution in [2.24, 2.45) is 5.73 Å². The predicted molar refractivity (Wildman–Crippen MR) is 58.8 cm³/mol. The lowest BCUT2D eigenvalue weighted by Gasteiger charge is -2.16. The fourth-order valence-corrected chi connectivity index (χ4v) is 2.86. The van der Waals surface area contributed by atoms with Gasteiger partial charge in [-0.1, -0.05) is 25.7 Å². The standard InChI is InChI=1S/C10H17NOSi/c1-5-9(11)8-6-7-12-10(8)13(2,3)4/h5-7,9H,1,11H2,2-4H3. The Balaban J connectivity index is 3.10. The van der Waals surface area contributed by atoms with Gasteiger partial charge in [0.1, 0.15) is 8.07 Å². The first-order valence-electron chi connectivity index (χ1n) is 4.43. The van der Waals surface area contributed by atoms with Gasteiger partial charge < -0.3 is 10.2 Å². The molecule has 1 rings (SSSR count). The lowest BCUT2D eigenvalue weighted by Crippen LogP contribution is -2.40. The summed E-state index contributed by atoms with van der Waals surface area (Å²) in [6.45, 7) is 10.4. The quantitative estimate of drug-likeness (QED) is 0.592. The Morgan fingerprint density at radius 1 is 1.54 bits per heavy atom. The van der Waals surface area contributed by atoms with E-state index in [0.29, 0.717) is 0 Å². The SMILES string of the molecule is C=CC(N)c1ccoc1[Si](C)(C)C. The minimum Gasteiger partial charge on any atom is -0.474 e. The summed E-state index contributed by atoms with van der Waals surface area (Å²) in [7, 11) is -1.40. The van der Waals surface area contributed by atoms with Crippen LogP contribution < -0.4 is 11.1 Å². The summed E-state index contributed by atoms with van der Waals surface area (Å²) in [5.74, 6) is 0. The summed E-state index contributed by atoms with van der Waals surface area (Å²) in [6.07, 6.45) is 3.46. The van der Waals surface area contributed by atoms with Crippen LogP contribution in [0.1, 0.15) is 11.6 Å². The van der Waals surface area contributed by atoms with Gasteiger partial charge in [0.05, 0.1) is 17.7 Å². The number of nitrogens with two attached hydrogens (primary N) is 1. The molecule has 0 aliphatic heterocycles. The van der Waals surface area contributed by atoms with Gasteiger partial charge in [-0.05, 0) is 6.07 Å². The van der Waals surface area contributed by atoms with Crippen LogP contribution in [0.4, 0.5) is 0 Å². The van der Waals surface area contributed by atoms with Gasteiger partial charge in [-0.15, -0.1) is 6.58 Å². The second kappa shape index (κ2) is 3.52. The number of furan rings is 1. The molecule has 1 unspecified atom stereocenters. The van der Waals surface area contributed by atoms with Crippen molar-refractivity contribution in [2.45, 2.75) is 25.7 Å². The van der Waals surface area contributed by atoms with E-state index in [4.69, 9.17) is 10.2 Å². The molecule has 0 bridgehead atoms. The van der Waals surface area contributed by atoms with E-state index < -0.39 is 8.07 Å². The van der Waals surface area contributed by atoms with Crippen molar-refractivity contribution in [3.8, 4) is 0 Å². The average Bonchev–Trinajstić information content (AvgIpc) is 2.49. The fraction of sp³-hybridized carbons (Fsp3) is 0.400. The second-order valence-electron chi connectivity index (χ2n) is 4.22. The zero-order chi connectivity index (χ0) is 10.1. The molecule has 0 aliphatic rings. The Bertz CT molecular complexity index is 298. The summed E-state index contributed by atoms with van der Waals surface area (Å²) in [4.78, 5) is 0. The third kappa shape index (κ3) is 2.11. The van der Waals surface area contributed by atoms with Crippen molar-refractivity contribution < 1.29 is 4.42 Å². The highest BCUT2D eigenvalue weighted by molar-refractivity contribution is 6.88. The van der Waals surface area contributed by atoms with E-state index in [1.807, 2.05) is 6.07 Å². The molecule has 0 spiro atoms. The van der Waals surface area contributed by atoms with Crippen LogP contribution in [0.3, 0.4) is 0 Å². The van der Waals surface area contributed by atoms with Crippen LogP contribution in [-0.2, 0) is 0 Å². The first-order chi connectivity index (χ1) is 5.96. The zero-order valence-electron chi connectivity index (χ0n) is 8.50. The summed E-state index contributed by atoms with van der Waals surface area (Å²) in [6, 6.07) is 1.85. The van der Waals surface area contributed by atoms with Crippen LogP contribution in [0.15, 0.2) is 29.4 Å². The van der Waals surface area contributed by atoms with Gasteiger partial charge in [0, 0.05) is 5.56 Å². The van der Waals surface area contributed by atoms with E-state index in [-0.39, 0.29) is 6.04 Å². The van der Waals surface area contributed by atoms with Gasteiger partial charge in [-0.2, -0.15) is 0 Å². The molecule has 1 heterocycles. The Hall–Kier alpha value is -0.803. The molecule has 1 aromatic rings. The molecule has 2 N–H and O–H groups in total. The topological polar surface area (TPSA) is 39.2 Å². The smallest absolute Gasteiger partial charge is 0.123 e. The van der Waals surface area contributed by atoms with Crippen molar-refractivity contribution in [2.75, 3.05) is 0 Å². The van der Waals surface area contributed by atoms with Gasteiger partial charge >= 0.3 is 0 Å². The molecule has 0 radical (unpaired) electrons. The highest BCUT2D eigenvalue weighted by Crippen LogP contribution is 2.14. The lowest BCUT2D eigenvalue weighted by molar-refractivity contribution is 0.594. The maximum Gasteiger partial charge on any atom is 0.123 e. The largest absolute Gasteiger partial charge is 0.474 e. The summed E-state index contributed by atoms with van der Waals surface area (Å²) in [5, 5.41) is 1.08. The predicted octanol–water partition coefficient (Wildman–Crippen LogP) is 2.01. The maximum atomic E-state index is 5.88. The van der Waals surface area contributed by atoms with Crippen molar-refractivity contribution in [1.82, 2.24) is 0 Å². The van der Waals surface area contributed by atoms with Crippen LogP contribution in [0.5, 0.6) is 0 Å². The first-order valence-corrected chi connectivity index (χ1v) is 7.93. The van der Waals surface area contributed by atoms with Gasteiger partial charge in [0.25, 0.3) is 0 Å². The van der Waals surface area contributed by atoms with Gasteiger partial charge in [-0.25, -0.2) is 0 Å². The molecule has 13 heavy (non-hydrogen) atoms. The third-order valence-corrected chi connectivity index (χ3v) is 3.76. The van der Waals surface area contributed by atoms with Crippen LogP contribution in [0, 0.1) is 0 Å². The highest BCUT2D eigenvalue weighted by Gasteiger charge is 2.25. The molecule has 2 nitrogen and oxygen atoms in total. The molecule has 72 valence electrons. The van der Waals surface area contributed by atoms with Crippen molar-refractivity contribution in [3.05, 3.63) is 30.5 Å². The first kappa shape index (κ1) is 10.3. The summed E-state index contributed by atoms with van der Waals surface area (Å²) in [5.41, 5.74) is 6.97. The number of rotatable bonds is 3. The van der Waals surface area contributed by atoms with E-state index >= 15 is 0 Å². The second-order valence-corrected chi connectivity index (χ2v) is 9.17. The Labute approximate surface area is 80.4 Å². The van der Waals surface area contributed by atoms with Crippen LogP contribution in [0.2, 0.25) is 19.6 Å². The molecule has 0 aromatic carbocycles. The Morgan fingerprint density at radius 3 is 2.62 bits per heavy atom. The average molecular weight is 195 g/mol. The minimum atomic E-state index is -1.40. The Kier molecular flexibility index (Phi) is 2.78. The van der Waals surface area contributed by atoms with Gasteiger partial charge in [0.2, 0.25) is 0 Å². The van der Waals surface area contributed by atoms with E-state index in [0.717, 1.165) is 10.9 Å². The molecular formula is C10H17NOSi. The van der Waals surface area contributed by atoms with Crippen LogP contribution >= 0.6 is 0 Å².